The third-order valence-corrected chi connectivity index (χ3v) is 3.73. The Balaban J connectivity index is 1.43. The topological polar surface area (TPSA) is 66.6 Å². The van der Waals surface area contributed by atoms with Gasteiger partial charge in [-0.15, -0.1) is 0 Å². The molecular weight excluding hydrogens is 278 g/mol. The lowest BCUT2D eigenvalue weighted by Gasteiger charge is -2.04. The van der Waals surface area contributed by atoms with Crippen molar-refractivity contribution in [2.24, 2.45) is 11.0 Å². The summed E-state index contributed by atoms with van der Waals surface area (Å²) in [5, 5.41) is 6.92. The Morgan fingerprint density at radius 1 is 1.32 bits per heavy atom. The van der Waals surface area contributed by atoms with Crippen molar-refractivity contribution in [3.8, 4) is 0 Å². The van der Waals surface area contributed by atoms with Crippen LogP contribution in [-0.4, -0.2) is 18.7 Å². The van der Waals surface area contributed by atoms with Crippen molar-refractivity contribution >= 4 is 17.8 Å². The van der Waals surface area contributed by atoms with Crippen LogP contribution in [0, 0.1) is 5.92 Å². The fraction of sp³-hybridized carbons (Fsp3) is 0.294. The lowest BCUT2D eigenvalue weighted by atomic mass is 10.3. The number of carbonyl (C=O) groups is 1. The third kappa shape index (κ3) is 3.75. The van der Waals surface area contributed by atoms with Gasteiger partial charge in [0.2, 0.25) is 0 Å². The van der Waals surface area contributed by atoms with E-state index in [1.165, 1.54) is 12.6 Å². The molecule has 0 unspecified atom stereocenters. The first-order valence-corrected chi connectivity index (χ1v) is 7.43. The number of rotatable bonds is 6. The van der Waals surface area contributed by atoms with Crippen LogP contribution in [0.25, 0.3) is 0 Å². The van der Waals surface area contributed by atoms with Crippen molar-refractivity contribution in [1.82, 2.24) is 5.43 Å². The van der Waals surface area contributed by atoms with Gasteiger partial charge in [0, 0.05) is 11.6 Å². The highest BCUT2D eigenvalue weighted by Crippen LogP contribution is 2.47. The molecule has 0 spiro atoms. The number of carbonyl (C=O) groups excluding carboxylic acids is 1. The zero-order chi connectivity index (χ0) is 15.4. The van der Waals surface area contributed by atoms with Crippen molar-refractivity contribution in [3.63, 3.8) is 0 Å². The van der Waals surface area contributed by atoms with E-state index in [-0.39, 0.29) is 12.5 Å². The van der Waals surface area contributed by atoms with Gasteiger partial charge in [-0.25, -0.2) is 5.43 Å². The van der Waals surface area contributed by atoms with Crippen LogP contribution in [0.15, 0.2) is 52.0 Å². The number of benzene rings is 1. The molecule has 5 nitrogen and oxygen atoms in total. The molecule has 1 fully saturated rings. The van der Waals surface area contributed by atoms with Crippen LogP contribution in [0.3, 0.4) is 0 Å². The van der Waals surface area contributed by atoms with E-state index in [1.807, 2.05) is 42.5 Å². The average molecular weight is 297 g/mol. The average Bonchev–Trinajstić information content (AvgIpc) is 3.08. The van der Waals surface area contributed by atoms with E-state index in [1.54, 1.807) is 0 Å². The molecule has 1 aliphatic rings. The van der Waals surface area contributed by atoms with E-state index in [0.29, 0.717) is 17.6 Å². The largest absolute Gasteiger partial charge is 0.460 e. The monoisotopic (exact) mass is 297 g/mol. The predicted molar refractivity (Wildman–Crippen MR) is 85.9 cm³/mol. The summed E-state index contributed by atoms with van der Waals surface area (Å²) in [6.45, 7) is 2.38. The highest BCUT2D eigenvalue weighted by molar-refractivity contribution is 5.83. The zero-order valence-corrected chi connectivity index (χ0v) is 12.5. The van der Waals surface area contributed by atoms with Gasteiger partial charge in [0.15, 0.2) is 0 Å². The lowest BCUT2D eigenvalue weighted by Crippen LogP contribution is -2.25. The van der Waals surface area contributed by atoms with Crippen LogP contribution in [0.2, 0.25) is 0 Å². The summed E-state index contributed by atoms with van der Waals surface area (Å²) in [5.41, 5.74) is 3.37. The van der Waals surface area contributed by atoms with Crippen LogP contribution >= 0.6 is 0 Å². The van der Waals surface area contributed by atoms with E-state index >= 15 is 0 Å². The van der Waals surface area contributed by atoms with Gasteiger partial charge in [0.1, 0.15) is 11.5 Å². The first kappa shape index (κ1) is 14.4. The van der Waals surface area contributed by atoms with Gasteiger partial charge in [0.25, 0.3) is 5.91 Å². The number of hydrogen-bond acceptors (Lipinski definition) is 4. The maximum atomic E-state index is 11.7. The van der Waals surface area contributed by atoms with E-state index in [9.17, 15) is 4.79 Å². The number of para-hydroxylation sites is 1. The molecule has 1 amide bonds. The van der Waals surface area contributed by atoms with Gasteiger partial charge in [0.05, 0.1) is 12.8 Å². The van der Waals surface area contributed by atoms with E-state index in [2.05, 4.69) is 22.8 Å². The number of anilines is 1. The molecule has 3 rings (SSSR count). The lowest BCUT2D eigenvalue weighted by molar-refractivity contribution is -0.119. The first-order valence-electron chi connectivity index (χ1n) is 7.43. The summed E-state index contributed by atoms with van der Waals surface area (Å²) in [5.74, 6) is 2.71. The Hall–Kier alpha value is -2.56. The summed E-state index contributed by atoms with van der Waals surface area (Å²) in [4.78, 5) is 11.7. The fourth-order valence-corrected chi connectivity index (χ4v) is 2.30. The zero-order valence-electron chi connectivity index (χ0n) is 12.5. The standard InChI is InChI=1S/C17H19N3O2/c1-12-9-15(12)16-8-7-14(22-16)10-19-20-17(21)11-18-13-5-3-2-4-6-13/h2-8,10,12,15,18H,9,11H2,1H3,(H,20,21)/b19-10-/t12-,15+/m0/s1. The fourth-order valence-electron chi connectivity index (χ4n) is 2.30. The van der Waals surface area contributed by atoms with E-state index in [0.717, 1.165) is 11.4 Å². The Morgan fingerprint density at radius 3 is 2.82 bits per heavy atom. The van der Waals surface area contributed by atoms with Crippen molar-refractivity contribution in [2.45, 2.75) is 19.3 Å². The number of hydrazone groups is 1. The minimum atomic E-state index is -0.206. The van der Waals surface area contributed by atoms with Crippen molar-refractivity contribution in [1.29, 1.82) is 0 Å². The molecule has 1 heterocycles. The highest BCUT2D eigenvalue weighted by atomic mass is 16.3. The molecule has 2 aromatic rings. The molecule has 1 aliphatic carbocycles. The molecule has 1 saturated carbocycles. The molecule has 1 aromatic carbocycles. The van der Waals surface area contributed by atoms with Crippen molar-refractivity contribution in [2.75, 3.05) is 11.9 Å². The normalized spacial score (nSPS) is 20.0. The van der Waals surface area contributed by atoms with Crippen LogP contribution in [0.5, 0.6) is 0 Å². The minimum absolute atomic E-state index is 0.171. The van der Waals surface area contributed by atoms with Gasteiger partial charge >= 0.3 is 0 Å². The molecule has 0 aliphatic heterocycles. The SMILES string of the molecule is C[C@H]1C[C@H]1c1ccc(/C=N\NC(=O)CNc2ccccc2)o1. The number of nitrogens with one attached hydrogen (secondary N) is 2. The van der Waals surface area contributed by atoms with Crippen LogP contribution < -0.4 is 10.7 Å². The van der Waals surface area contributed by atoms with Gasteiger partial charge in [-0.2, -0.15) is 5.10 Å². The van der Waals surface area contributed by atoms with Gasteiger partial charge < -0.3 is 9.73 Å². The van der Waals surface area contributed by atoms with Crippen LogP contribution in [0.4, 0.5) is 5.69 Å². The second-order valence-corrected chi connectivity index (χ2v) is 5.57. The summed E-state index contributed by atoms with van der Waals surface area (Å²) < 4.78 is 5.67. The van der Waals surface area contributed by atoms with Gasteiger partial charge in [-0.1, -0.05) is 25.1 Å². The van der Waals surface area contributed by atoms with E-state index < -0.39 is 0 Å². The Morgan fingerprint density at radius 2 is 2.09 bits per heavy atom. The number of furan rings is 1. The van der Waals surface area contributed by atoms with E-state index in [4.69, 9.17) is 4.42 Å². The quantitative estimate of drug-likeness (QED) is 0.636. The molecular formula is C17H19N3O2. The summed E-state index contributed by atoms with van der Waals surface area (Å²) in [6.07, 6.45) is 2.71. The molecule has 5 heteroatoms. The van der Waals surface area contributed by atoms with Crippen molar-refractivity contribution < 1.29 is 9.21 Å². The molecule has 2 N–H and O–H groups in total. The molecule has 114 valence electrons. The van der Waals surface area contributed by atoms with Crippen LogP contribution in [-0.2, 0) is 4.79 Å². The van der Waals surface area contributed by atoms with Crippen molar-refractivity contribution in [3.05, 3.63) is 54.0 Å². The maximum Gasteiger partial charge on any atom is 0.259 e. The molecule has 2 atom stereocenters. The smallest absolute Gasteiger partial charge is 0.259 e. The highest BCUT2D eigenvalue weighted by Gasteiger charge is 2.36. The minimum Gasteiger partial charge on any atom is -0.460 e. The number of amides is 1. The molecule has 0 radical (unpaired) electrons. The van der Waals surface area contributed by atoms with Gasteiger partial charge in [-0.05, 0) is 36.6 Å². The Bertz CT molecular complexity index is 664. The number of nitrogens with zero attached hydrogens (tertiary/aromatic N) is 1. The summed E-state index contributed by atoms with van der Waals surface area (Å²) in [6, 6.07) is 13.4. The third-order valence-electron chi connectivity index (χ3n) is 3.73. The summed E-state index contributed by atoms with van der Waals surface area (Å²) >= 11 is 0. The Labute approximate surface area is 129 Å². The predicted octanol–water partition coefficient (Wildman–Crippen LogP) is 2.97. The second-order valence-electron chi connectivity index (χ2n) is 5.57. The molecule has 1 aromatic heterocycles. The maximum absolute atomic E-state index is 11.7. The van der Waals surface area contributed by atoms with Gasteiger partial charge in [-0.3, -0.25) is 4.79 Å². The van der Waals surface area contributed by atoms with Crippen LogP contribution in [0.1, 0.15) is 30.8 Å². The summed E-state index contributed by atoms with van der Waals surface area (Å²) in [7, 11) is 0. The number of hydrogen-bond donors (Lipinski definition) is 2. The molecule has 22 heavy (non-hydrogen) atoms. The first-order chi connectivity index (χ1) is 10.7. The molecule has 0 saturated heterocycles. The molecule has 0 bridgehead atoms. The Kier molecular flexibility index (Phi) is 4.23. The second kappa shape index (κ2) is 6.47.